The minimum Gasteiger partial charge on any atom is -0.375 e. The van der Waals surface area contributed by atoms with E-state index in [1.165, 1.54) is 22.3 Å². The number of ether oxygens (including phenoxy) is 2. The summed E-state index contributed by atoms with van der Waals surface area (Å²) in [5.41, 5.74) is 6.65. The maximum absolute atomic E-state index is 6.40. The monoisotopic (exact) mass is 366 g/mol. The van der Waals surface area contributed by atoms with E-state index in [9.17, 15) is 0 Å². The van der Waals surface area contributed by atoms with E-state index in [0.29, 0.717) is 19.8 Å². The van der Waals surface area contributed by atoms with Gasteiger partial charge in [0.1, 0.15) is 5.60 Å². The highest BCUT2D eigenvalue weighted by Crippen LogP contribution is 2.39. The smallest absolute Gasteiger partial charge is 0.140 e. The Morgan fingerprint density at radius 2 is 1.81 bits per heavy atom. The molecule has 0 aromatic heterocycles. The molecule has 4 nitrogen and oxygen atoms in total. The molecule has 0 N–H and O–H groups in total. The summed E-state index contributed by atoms with van der Waals surface area (Å²) in [4.78, 5) is 6.70. The molecule has 3 rings (SSSR count). The second kappa shape index (κ2) is 8.24. The van der Waals surface area contributed by atoms with Gasteiger partial charge in [-0.2, -0.15) is 0 Å². The van der Waals surface area contributed by atoms with Crippen LogP contribution in [0.3, 0.4) is 0 Å². The molecule has 1 saturated heterocycles. The maximum Gasteiger partial charge on any atom is 0.140 e. The van der Waals surface area contributed by atoms with E-state index in [-0.39, 0.29) is 5.60 Å². The molecule has 1 aliphatic heterocycles. The third-order valence-electron chi connectivity index (χ3n) is 5.23. The normalized spacial score (nSPS) is 15.7. The lowest BCUT2D eigenvalue weighted by molar-refractivity contribution is -0.223. The molecule has 1 fully saturated rings. The molecular formula is C23H30N2O2. The number of nitrogens with zero attached hydrogens (tertiary/aromatic N) is 2. The lowest BCUT2D eigenvalue weighted by Crippen LogP contribution is -2.49. The number of hydrogen-bond donors (Lipinski definition) is 0. The van der Waals surface area contributed by atoms with Crippen LogP contribution in [-0.2, 0) is 21.7 Å². The maximum atomic E-state index is 6.40. The molecule has 0 saturated carbocycles. The zero-order chi connectivity index (χ0) is 19.4. The number of aliphatic imine (C=N–C) groups is 1. The Balaban J connectivity index is 1.81. The Labute approximate surface area is 162 Å². The summed E-state index contributed by atoms with van der Waals surface area (Å²) in [5.74, 6) is 0. The lowest BCUT2D eigenvalue weighted by atomic mass is 9.86. The summed E-state index contributed by atoms with van der Waals surface area (Å²) in [6.07, 6.45) is 1.89. The van der Waals surface area contributed by atoms with E-state index in [1.807, 2.05) is 13.4 Å². The molecule has 0 atom stereocenters. The zero-order valence-corrected chi connectivity index (χ0v) is 17.1. The van der Waals surface area contributed by atoms with Crippen molar-refractivity contribution in [1.29, 1.82) is 0 Å². The van der Waals surface area contributed by atoms with Crippen molar-refractivity contribution in [2.45, 2.75) is 39.9 Å². The van der Waals surface area contributed by atoms with E-state index in [0.717, 1.165) is 17.8 Å². The molecule has 0 spiro atoms. The molecule has 0 bridgehead atoms. The molecule has 1 aliphatic rings. The highest BCUT2D eigenvalue weighted by atomic mass is 16.6. The minimum absolute atomic E-state index is 0.359. The third-order valence-corrected chi connectivity index (χ3v) is 5.23. The summed E-state index contributed by atoms with van der Waals surface area (Å²) in [6, 6.07) is 12.9. The van der Waals surface area contributed by atoms with Crippen LogP contribution in [0.5, 0.6) is 0 Å². The van der Waals surface area contributed by atoms with Crippen LogP contribution in [-0.4, -0.2) is 38.0 Å². The fraction of sp³-hybridized carbons (Fsp3) is 0.435. The Morgan fingerprint density at radius 1 is 1.11 bits per heavy atom. The Hall–Kier alpha value is -2.17. The van der Waals surface area contributed by atoms with Crippen molar-refractivity contribution in [2.75, 3.05) is 26.8 Å². The largest absolute Gasteiger partial charge is 0.375 e. The van der Waals surface area contributed by atoms with Crippen LogP contribution in [0.4, 0.5) is 5.69 Å². The van der Waals surface area contributed by atoms with E-state index in [4.69, 9.17) is 9.47 Å². The van der Waals surface area contributed by atoms with E-state index in [2.05, 4.69) is 74.0 Å². The summed E-state index contributed by atoms with van der Waals surface area (Å²) in [5, 5.41) is 0. The Kier molecular flexibility index (Phi) is 5.98. The van der Waals surface area contributed by atoms with Crippen LogP contribution < -0.4 is 0 Å². The van der Waals surface area contributed by atoms with Crippen LogP contribution in [0.2, 0.25) is 0 Å². The van der Waals surface area contributed by atoms with Crippen LogP contribution in [0.1, 0.15) is 34.7 Å². The standard InChI is InChI=1S/C23H30N2O2/c1-6-25(5)16-24-22-12-18(3)21(11-19(22)4)23(14-26-15-23)27-13-20-9-7-17(2)8-10-20/h7-12,16H,6,13-15H2,1-5H3. The van der Waals surface area contributed by atoms with E-state index >= 15 is 0 Å². The number of rotatable bonds is 7. The predicted molar refractivity (Wildman–Crippen MR) is 111 cm³/mol. The van der Waals surface area contributed by atoms with Gasteiger partial charge in [0.25, 0.3) is 0 Å². The van der Waals surface area contributed by atoms with Gasteiger partial charge in [0.05, 0.1) is 31.8 Å². The van der Waals surface area contributed by atoms with Crippen LogP contribution in [0.25, 0.3) is 0 Å². The fourth-order valence-electron chi connectivity index (χ4n) is 3.18. The van der Waals surface area contributed by atoms with Crippen molar-refractivity contribution < 1.29 is 9.47 Å². The molecule has 1 heterocycles. The molecule has 144 valence electrons. The molecule has 4 heteroatoms. The summed E-state index contributed by atoms with van der Waals surface area (Å²) < 4.78 is 12.0. The summed E-state index contributed by atoms with van der Waals surface area (Å²) >= 11 is 0. The second-order valence-corrected chi connectivity index (χ2v) is 7.53. The van der Waals surface area contributed by atoms with Crippen molar-refractivity contribution in [3.05, 3.63) is 64.2 Å². The first-order chi connectivity index (χ1) is 12.9. The molecule has 0 unspecified atom stereocenters. The molecule has 0 aliphatic carbocycles. The van der Waals surface area contributed by atoms with Gasteiger partial charge in [0.15, 0.2) is 0 Å². The van der Waals surface area contributed by atoms with Gasteiger partial charge in [-0.15, -0.1) is 0 Å². The van der Waals surface area contributed by atoms with Gasteiger partial charge in [-0.1, -0.05) is 35.9 Å². The third kappa shape index (κ3) is 4.40. The van der Waals surface area contributed by atoms with E-state index in [1.54, 1.807) is 0 Å². The van der Waals surface area contributed by atoms with Gasteiger partial charge in [0, 0.05) is 13.6 Å². The van der Waals surface area contributed by atoms with Crippen LogP contribution >= 0.6 is 0 Å². The van der Waals surface area contributed by atoms with E-state index < -0.39 is 0 Å². The highest BCUT2D eigenvalue weighted by Gasteiger charge is 2.43. The first-order valence-electron chi connectivity index (χ1n) is 9.57. The van der Waals surface area contributed by atoms with Gasteiger partial charge in [-0.05, 0) is 56.0 Å². The van der Waals surface area contributed by atoms with Crippen molar-refractivity contribution in [3.63, 3.8) is 0 Å². The lowest BCUT2D eigenvalue weighted by Gasteiger charge is -2.42. The molecule has 0 amide bonds. The SMILES string of the molecule is CCN(C)C=Nc1cc(C)c(C2(OCc3ccc(C)cc3)COC2)cc1C. The number of benzene rings is 2. The van der Waals surface area contributed by atoms with Crippen molar-refractivity contribution in [3.8, 4) is 0 Å². The first-order valence-corrected chi connectivity index (χ1v) is 9.57. The van der Waals surface area contributed by atoms with Crippen LogP contribution in [0, 0.1) is 20.8 Å². The number of aryl methyl sites for hydroxylation is 3. The average Bonchev–Trinajstić information content (AvgIpc) is 2.63. The Morgan fingerprint density at radius 3 is 2.41 bits per heavy atom. The quantitative estimate of drug-likeness (QED) is 0.528. The molecular weight excluding hydrogens is 336 g/mol. The summed E-state index contributed by atoms with van der Waals surface area (Å²) in [6.45, 7) is 11.2. The summed E-state index contributed by atoms with van der Waals surface area (Å²) in [7, 11) is 2.03. The average molecular weight is 367 g/mol. The topological polar surface area (TPSA) is 34.1 Å². The molecule has 0 radical (unpaired) electrons. The minimum atomic E-state index is -0.359. The molecule has 2 aromatic rings. The van der Waals surface area contributed by atoms with Gasteiger partial charge < -0.3 is 14.4 Å². The van der Waals surface area contributed by atoms with Crippen molar-refractivity contribution >= 4 is 12.0 Å². The molecule has 27 heavy (non-hydrogen) atoms. The van der Waals surface area contributed by atoms with Crippen LogP contribution in [0.15, 0.2) is 41.4 Å². The van der Waals surface area contributed by atoms with Gasteiger partial charge in [0.2, 0.25) is 0 Å². The van der Waals surface area contributed by atoms with Crippen molar-refractivity contribution in [1.82, 2.24) is 4.90 Å². The highest BCUT2D eigenvalue weighted by molar-refractivity contribution is 5.64. The number of hydrogen-bond acceptors (Lipinski definition) is 3. The van der Waals surface area contributed by atoms with Gasteiger partial charge in [-0.25, -0.2) is 4.99 Å². The molecule has 2 aromatic carbocycles. The van der Waals surface area contributed by atoms with Gasteiger partial charge in [-0.3, -0.25) is 0 Å². The predicted octanol–water partition coefficient (Wildman–Crippen LogP) is 4.67. The fourth-order valence-corrected chi connectivity index (χ4v) is 3.18. The Bertz CT molecular complexity index is 808. The zero-order valence-electron chi connectivity index (χ0n) is 17.1. The first kappa shape index (κ1) is 19.6. The van der Waals surface area contributed by atoms with Crippen molar-refractivity contribution in [2.24, 2.45) is 4.99 Å². The van der Waals surface area contributed by atoms with Gasteiger partial charge >= 0.3 is 0 Å². The second-order valence-electron chi connectivity index (χ2n) is 7.53.